The molecule has 102 valence electrons. The first-order valence-corrected chi connectivity index (χ1v) is 7.79. The van der Waals surface area contributed by atoms with Crippen molar-refractivity contribution < 1.29 is 13.2 Å². The quantitative estimate of drug-likeness (QED) is 0.775. The minimum atomic E-state index is -3.57. The molecule has 0 amide bonds. The van der Waals surface area contributed by atoms with Crippen LogP contribution in [0.15, 0.2) is 27.6 Å². The van der Waals surface area contributed by atoms with Crippen LogP contribution >= 0.6 is 15.9 Å². The van der Waals surface area contributed by atoms with E-state index in [0.717, 1.165) is 0 Å². The number of rotatable bonds is 6. The third kappa shape index (κ3) is 4.24. The zero-order valence-electron chi connectivity index (χ0n) is 10.3. The Morgan fingerprint density at radius 1 is 1.50 bits per heavy atom. The first-order valence-electron chi connectivity index (χ1n) is 5.52. The molecule has 0 saturated carbocycles. The Labute approximate surface area is 116 Å². The van der Waals surface area contributed by atoms with E-state index in [9.17, 15) is 8.42 Å². The van der Waals surface area contributed by atoms with Crippen molar-refractivity contribution in [2.75, 3.05) is 18.9 Å². The molecule has 5 nitrogen and oxygen atoms in total. The smallest absolute Gasteiger partial charge is 0.242 e. The van der Waals surface area contributed by atoms with Crippen molar-refractivity contribution >= 4 is 31.6 Å². The number of hydrogen-bond acceptors (Lipinski definition) is 4. The molecule has 0 fully saturated rings. The monoisotopic (exact) mass is 336 g/mol. The highest BCUT2D eigenvalue weighted by molar-refractivity contribution is 9.10. The second-order valence-electron chi connectivity index (χ2n) is 3.87. The molecular weight excluding hydrogens is 320 g/mol. The van der Waals surface area contributed by atoms with Gasteiger partial charge in [-0.2, -0.15) is 0 Å². The van der Waals surface area contributed by atoms with Gasteiger partial charge in [-0.25, -0.2) is 13.1 Å². The number of anilines is 1. The minimum absolute atomic E-state index is 0.167. The predicted molar refractivity (Wildman–Crippen MR) is 74.8 cm³/mol. The summed E-state index contributed by atoms with van der Waals surface area (Å²) in [5.74, 6) is 0. The Hall–Kier alpha value is -0.630. The lowest BCUT2D eigenvalue weighted by Crippen LogP contribution is -2.36. The fourth-order valence-corrected chi connectivity index (χ4v) is 3.72. The molecule has 1 aromatic rings. The van der Waals surface area contributed by atoms with Crippen molar-refractivity contribution in [2.24, 2.45) is 0 Å². The maximum atomic E-state index is 12.1. The third-order valence-corrected chi connectivity index (χ3v) is 4.74. The van der Waals surface area contributed by atoms with Gasteiger partial charge in [-0.1, -0.05) is 0 Å². The maximum absolute atomic E-state index is 12.1. The van der Waals surface area contributed by atoms with Crippen molar-refractivity contribution in [2.45, 2.75) is 24.8 Å². The molecule has 1 rings (SSSR count). The van der Waals surface area contributed by atoms with Crippen LogP contribution < -0.4 is 10.5 Å². The topological polar surface area (TPSA) is 81.4 Å². The number of nitrogens with one attached hydrogen (secondary N) is 1. The average Bonchev–Trinajstić information content (AvgIpc) is 2.25. The summed E-state index contributed by atoms with van der Waals surface area (Å²) in [5, 5.41) is 0. The largest absolute Gasteiger partial charge is 0.399 e. The Bertz CT molecular complexity index is 505. The standard InChI is InChI=1S/C11H17BrN2O3S/c1-3-17-7-8(2)14-18(15,16)11-5-4-9(13)6-10(11)12/h4-6,8,14H,3,7,13H2,1-2H3. The second kappa shape index (κ2) is 6.51. The van der Waals surface area contributed by atoms with Crippen LogP contribution in [-0.2, 0) is 14.8 Å². The van der Waals surface area contributed by atoms with Gasteiger partial charge in [-0.05, 0) is 48.0 Å². The van der Waals surface area contributed by atoms with E-state index >= 15 is 0 Å². The van der Waals surface area contributed by atoms with E-state index in [1.165, 1.54) is 6.07 Å². The van der Waals surface area contributed by atoms with E-state index in [4.69, 9.17) is 10.5 Å². The number of ether oxygens (including phenoxy) is 1. The van der Waals surface area contributed by atoms with Crippen molar-refractivity contribution in [3.8, 4) is 0 Å². The van der Waals surface area contributed by atoms with E-state index in [0.29, 0.717) is 23.4 Å². The Morgan fingerprint density at radius 3 is 2.72 bits per heavy atom. The van der Waals surface area contributed by atoms with Crippen molar-refractivity contribution in [1.29, 1.82) is 0 Å². The molecular formula is C11H17BrN2O3S. The van der Waals surface area contributed by atoms with E-state index in [1.54, 1.807) is 19.1 Å². The van der Waals surface area contributed by atoms with Crippen LogP contribution in [0.5, 0.6) is 0 Å². The molecule has 0 bridgehead atoms. The summed E-state index contributed by atoms with van der Waals surface area (Å²) >= 11 is 3.20. The highest BCUT2D eigenvalue weighted by Gasteiger charge is 2.20. The Morgan fingerprint density at radius 2 is 2.17 bits per heavy atom. The molecule has 0 aliphatic heterocycles. The zero-order chi connectivity index (χ0) is 13.8. The molecule has 1 aromatic carbocycles. The summed E-state index contributed by atoms with van der Waals surface area (Å²) in [6.07, 6.45) is 0. The molecule has 0 aromatic heterocycles. The lowest BCUT2D eigenvalue weighted by atomic mass is 10.3. The molecule has 18 heavy (non-hydrogen) atoms. The molecule has 0 saturated heterocycles. The summed E-state index contributed by atoms with van der Waals surface area (Å²) in [6.45, 7) is 4.50. The Balaban J connectivity index is 2.86. The fraction of sp³-hybridized carbons (Fsp3) is 0.455. The Kier molecular flexibility index (Phi) is 5.58. The van der Waals surface area contributed by atoms with Crippen molar-refractivity contribution in [3.05, 3.63) is 22.7 Å². The molecule has 3 N–H and O–H groups in total. The third-order valence-electron chi connectivity index (χ3n) is 2.17. The van der Waals surface area contributed by atoms with E-state index < -0.39 is 10.0 Å². The lowest BCUT2D eigenvalue weighted by molar-refractivity contribution is 0.133. The average molecular weight is 337 g/mol. The van der Waals surface area contributed by atoms with Gasteiger partial charge >= 0.3 is 0 Å². The van der Waals surface area contributed by atoms with Crippen LogP contribution in [0.3, 0.4) is 0 Å². The van der Waals surface area contributed by atoms with E-state index in [2.05, 4.69) is 20.7 Å². The highest BCUT2D eigenvalue weighted by Crippen LogP contribution is 2.24. The fourth-order valence-electron chi connectivity index (χ4n) is 1.39. The van der Waals surface area contributed by atoms with Crippen LogP contribution in [-0.4, -0.2) is 27.7 Å². The number of benzene rings is 1. The minimum Gasteiger partial charge on any atom is -0.399 e. The van der Waals surface area contributed by atoms with Crippen molar-refractivity contribution in [3.63, 3.8) is 0 Å². The number of hydrogen-bond donors (Lipinski definition) is 2. The van der Waals surface area contributed by atoms with Crippen molar-refractivity contribution in [1.82, 2.24) is 4.72 Å². The number of nitrogens with two attached hydrogens (primary N) is 1. The van der Waals surface area contributed by atoms with Gasteiger partial charge in [0, 0.05) is 22.8 Å². The number of nitrogen functional groups attached to an aromatic ring is 1. The molecule has 0 aliphatic carbocycles. The van der Waals surface area contributed by atoms with Crippen LogP contribution in [0.1, 0.15) is 13.8 Å². The number of sulfonamides is 1. The predicted octanol–water partition coefficient (Wildman–Crippen LogP) is 1.73. The van der Waals surface area contributed by atoms with Gasteiger partial charge < -0.3 is 10.5 Å². The molecule has 0 aliphatic rings. The van der Waals surface area contributed by atoms with Gasteiger partial charge in [0.1, 0.15) is 0 Å². The first-order chi connectivity index (χ1) is 8.36. The summed E-state index contributed by atoms with van der Waals surface area (Å²) < 4.78 is 32.4. The van der Waals surface area contributed by atoms with Gasteiger partial charge in [-0.3, -0.25) is 0 Å². The summed E-state index contributed by atoms with van der Waals surface area (Å²) in [4.78, 5) is 0.167. The zero-order valence-corrected chi connectivity index (χ0v) is 12.7. The number of halogens is 1. The second-order valence-corrected chi connectivity index (χ2v) is 6.41. The van der Waals surface area contributed by atoms with Gasteiger partial charge in [-0.15, -0.1) is 0 Å². The molecule has 7 heteroatoms. The van der Waals surface area contributed by atoms with Gasteiger partial charge in [0.2, 0.25) is 10.0 Å². The molecule has 1 unspecified atom stereocenters. The maximum Gasteiger partial charge on any atom is 0.242 e. The summed E-state index contributed by atoms with van der Waals surface area (Å²) in [7, 11) is -3.57. The molecule has 0 radical (unpaired) electrons. The normalized spacial score (nSPS) is 13.5. The van der Waals surface area contributed by atoms with Gasteiger partial charge in [0.25, 0.3) is 0 Å². The molecule has 0 heterocycles. The lowest BCUT2D eigenvalue weighted by Gasteiger charge is -2.15. The van der Waals surface area contributed by atoms with Crippen LogP contribution in [0, 0.1) is 0 Å². The SMILES string of the molecule is CCOCC(C)NS(=O)(=O)c1ccc(N)cc1Br. The van der Waals surface area contributed by atoms with Crippen LogP contribution in [0.2, 0.25) is 0 Å². The van der Waals surface area contributed by atoms with Gasteiger partial charge in [0.15, 0.2) is 0 Å². The highest BCUT2D eigenvalue weighted by atomic mass is 79.9. The van der Waals surface area contributed by atoms with Gasteiger partial charge in [0.05, 0.1) is 11.5 Å². The molecule has 1 atom stereocenters. The molecule has 0 spiro atoms. The van der Waals surface area contributed by atoms with E-state index in [-0.39, 0.29) is 10.9 Å². The van der Waals surface area contributed by atoms with Crippen LogP contribution in [0.25, 0.3) is 0 Å². The first kappa shape index (κ1) is 15.4. The van der Waals surface area contributed by atoms with E-state index in [1.807, 2.05) is 6.92 Å². The summed E-state index contributed by atoms with van der Waals surface area (Å²) in [5.41, 5.74) is 6.08. The summed E-state index contributed by atoms with van der Waals surface area (Å²) in [6, 6.07) is 4.28. The van der Waals surface area contributed by atoms with Crippen LogP contribution in [0.4, 0.5) is 5.69 Å².